The molecule has 1 aliphatic rings. The minimum absolute atomic E-state index is 0.166. The number of rotatable bonds is 3. The van der Waals surface area contributed by atoms with Crippen LogP contribution in [0.5, 0.6) is 17.4 Å². The van der Waals surface area contributed by atoms with Gasteiger partial charge < -0.3 is 13.9 Å². The summed E-state index contributed by atoms with van der Waals surface area (Å²) in [6, 6.07) is 24.2. The van der Waals surface area contributed by atoms with Crippen LogP contribution in [0.4, 0.5) is 0 Å². The largest absolute Gasteiger partial charge is 0.497 e. The van der Waals surface area contributed by atoms with E-state index in [1.54, 1.807) is 24.2 Å². The summed E-state index contributed by atoms with van der Waals surface area (Å²) in [5.74, 6) is 3.04. The Hall–Kier alpha value is -4.65. The molecule has 7 heteroatoms. The van der Waals surface area contributed by atoms with Gasteiger partial charge in [-0.05, 0) is 46.7 Å². The Labute approximate surface area is 194 Å². The maximum Gasteiger partial charge on any atom is 0.228 e. The van der Waals surface area contributed by atoms with Crippen LogP contribution in [0.25, 0.3) is 28.0 Å². The van der Waals surface area contributed by atoms with Gasteiger partial charge >= 0.3 is 0 Å². The molecule has 0 unspecified atom stereocenters. The topological polar surface area (TPSA) is 74.7 Å². The van der Waals surface area contributed by atoms with Crippen molar-refractivity contribution in [2.24, 2.45) is 0 Å². The van der Waals surface area contributed by atoms with Gasteiger partial charge in [-0.2, -0.15) is 0 Å². The third-order valence-electron chi connectivity index (χ3n) is 6.29. The van der Waals surface area contributed by atoms with E-state index in [0.29, 0.717) is 23.1 Å². The van der Waals surface area contributed by atoms with E-state index in [1.165, 1.54) is 0 Å². The van der Waals surface area contributed by atoms with Crippen LogP contribution in [0.3, 0.4) is 0 Å². The third kappa shape index (κ3) is 2.73. The zero-order valence-electron chi connectivity index (χ0n) is 18.2. The highest BCUT2D eigenvalue weighted by Crippen LogP contribution is 2.50. The molecule has 0 bridgehead atoms. The summed E-state index contributed by atoms with van der Waals surface area (Å²) in [6.07, 6.45) is 3.24. The summed E-state index contributed by atoms with van der Waals surface area (Å²) in [5, 5.41) is 6.88. The normalized spacial score (nSPS) is 14.6. The van der Waals surface area contributed by atoms with Crippen molar-refractivity contribution in [3.8, 4) is 29.0 Å². The molecule has 34 heavy (non-hydrogen) atoms. The van der Waals surface area contributed by atoms with Crippen molar-refractivity contribution < 1.29 is 13.9 Å². The number of benzene rings is 3. The number of furan rings is 1. The maximum absolute atomic E-state index is 6.35. The molecule has 3 aromatic carbocycles. The van der Waals surface area contributed by atoms with Crippen LogP contribution in [-0.4, -0.2) is 26.7 Å². The second kappa shape index (κ2) is 7.18. The first-order valence-electron chi connectivity index (χ1n) is 10.9. The lowest BCUT2D eigenvalue weighted by molar-refractivity contribution is 0.414. The number of fused-ring (bicyclic) bond motifs is 6. The molecule has 6 aromatic rings. The number of methoxy groups -OCH3 is 1. The van der Waals surface area contributed by atoms with Crippen molar-refractivity contribution >= 4 is 16.4 Å². The summed E-state index contributed by atoms with van der Waals surface area (Å²) < 4.78 is 19.0. The molecule has 0 fully saturated rings. The monoisotopic (exact) mass is 446 g/mol. The van der Waals surface area contributed by atoms with E-state index in [0.717, 1.165) is 39.0 Å². The Morgan fingerprint density at radius 1 is 0.912 bits per heavy atom. The van der Waals surface area contributed by atoms with E-state index in [9.17, 15) is 0 Å². The third-order valence-corrected chi connectivity index (χ3v) is 6.29. The molecule has 0 N–H and O–H groups in total. The molecule has 1 atom stereocenters. The molecule has 0 saturated carbocycles. The van der Waals surface area contributed by atoms with E-state index >= 15 is 0 Å². The number of nitrogens with zero attached hydrogens (tertiary/aromatic N) is 4. The van der Waals surface area contributed by atoms with E-state index in [1.807, 2.05) is 42.5 Å². The quantitative estimate of drug-likeness (QED) is 0.340. The smallest absolute Gasteiger partial charge is 0.228 e. The lowest BCUT2D eigenvalue weighted by Gasteiger charge is -2.29. The highest BCUT2D eigenvalue weighted by Gasteiger charge is 2.34. The van der Waals surface area contributed by atoms with E-state index in [2.05, 4.69) is 40.4 Å². The fourth-order valence-electron chi connectivity index (χ4n) is 4.74. The van der Waals surface area contributed by atoms with E-state index in [-0.39, 0.29) is 5.92 Å². The van der Waals surface area contributed by atoms with Crippen LogP contribution in [0, 0.1) is 0 Å². The summed E-state index contributed by atoms with van der Waals surface area (Å²) in [4.78, 5) is 9.46. The Kier molecular flexibility index (Phi) is 3.99. The molecule has 164 valence electrons. The SMILES string of the molecule is COc1ccc([C@@H]2c3c(ccc4ccccc34)Oc3ncn4nc(-c5ccco5)nc4c32)cc1. The number of hydrogen-bond donors (Lipinski definition) is 0. The van der Waals surface area contributed by atoms with Crippen LogP contribution in [0.15, 0.2) is 89.8 Å². The second-order valence-electron chi connectivity index (χ2n) is 8.15. The lowest BCUT2D eigenvalue weighted by atomic mass is 9.81. The molecule has 0 spiro atoms. The van der Waals surface area contributed by atoms with E-state index < -0.39 is 0 Å². The van der Waals surface area contributed by atoms with Crippen LogP contribution in [0.2, 0.25) is 0 Å². The average molecular weight is 446 g/mol. The molecule has 4 heterocycles. The zero-order valence-corrected chi connectivity index (χ0v) is 18.2. The zero-order chi connectivity index (χ0) is 22.6. The van der Waals surface area contributed by atoms with Crippen LogP contribution in [0.1, 0.15) is 22.6 Å². The number of aromatic nitrogens is 4. The fourth-order valence-corrected chi connectivity index (χ4v) is 4.74. The predicted octanol–water partition coefficient (Wildman–Crippen LogP) is 5.83. The van der Waals surface area contributed by atoms with Crippen molar-refractivity contribution in [1.82, 2.24) is 19.6 Å². The van der Waals surface area contributed by atoms with Crippen LogP contribution in [-0.2, 0) is 0 Å². The Morgan fingerprint density at radius 2 is 1.79 bits per heavy atom. The summed E-state index contributed by atoms with van der Waals surface area (Å²) in [5.41, 5.74) is 3.70. The molecule has 7 rings (SSSR count). The molecular formula is C27H18N4O3. The van der Waals surface area contributed by atoms with Crippen molar-refractivity contribution in [2.45, 2.75) is 5.92 Å². The molecule has 0 radical (unpaired) electrons. The predicted molar refractivity (Wildman–Crippen MR) is 126 cm³/mol. The van der Waals surface area contributed by atoms with Crippen LogP contribution < -0.4 is 9.47 Å². The highest BCUT2D eigenvalue weighted by molar-refractivity contribution is 5.90. The van der Waals surface area contributed by atoms with Crippen molar-refractivity contribution in [2.75, 3.05) is 7.11 Å². The van der Waals surface area contributed by atoms with Gasteiger partial charge in [0.1, 0.15) is 17.8 Å². The Morgan fingerprint density at radius 3 is 2.62 bits per heavy atom. The molecule has 3 aromatic heterocycles. The number of hydrogen-bond acceptors (Lipinski definition) is 6. The number of ether oxygens (including phenoxy) is 2. The van der Waals surface area contributed by atoms with Gasteiger partial charge in [0.15, 0.2) is 11.4 Å². The van der Waals surface area contributed by atoms with Gasteiger partial charge in [-0.1, -0.05) is 42.5 Å². The van der Waals surface area contributed by atoms with Gasteiger partial charge in [-0.3, -0.25) is 0 Å². The van der Waals surface area contributed by atoms with Gasteiger partial charge in [0, 0.05) is 11.5 Å². The molecule has 0 aliphatic carbocycles. The summed E-state index contributed by atoms with van der Waals surface area (Å²) >= 11 is 0. The van der Waals surface area contributed by atoms with Crippen molar-refractivity contribution in [3.05, 3.63) is 102 Å². The highest BCUT2D eigenvalue weighted by atomic mass is 16.5. The maximum atomic E-state index is 6.35. The van der Waals surface area contributed by atoms with Gasteiger partial charge in [-0.25, -0.2) is 14.5 Å². The first-order valence-corrected chi connectivity index (χ1v) is 10.9. The van der Waals surface area contributed by atoms with Gasteiger partial charge in [0.05, 0.1) is 18.9 Å². The first kappa shape index (κ1) is 18.9. The fraction of sp³-hybridized carbons (Fsp3) is 0.0741. The Bertz CT molecular complexity index is 1670. The Balaban J connectivity index is 1.54. The molecule has 0 amide bonds. The minimum atomic E-state index is -0.166. The molecule has 7 nitrogen and oxygen atoms in total. The van der Waals surface area contributed by atoms with Gasteiger partial charge in [0.25, 0.3) is 0 Å². The van der Waals surface area contributed by atoms with Crippen LogP contribution >= 0.6 is 0 Å². The van der Waals surface area contributed by atoms with Gasteiger partial charge in [0.2, 0.25) is 11.7 Å². The van der Waals surface area contributed by atoms with Gasteiger partial charge in [-0.15, -0.1) is 5.10 Å². The second-order valence-corrected chi connectivity index (χ2v) is 8.15. The molecule has 1 aliphatic heterocycles. The first-order chi connectivity index (χ1) is 16.8. The summed E-state index contributed by atoms with van der Waals surface area (Å²) in [7, 11) is 1.67. The lowest BCUT2D eigenvalue weighted by Crippen LogP contribution is -2.15. The molecular weight excluding hydrogens is 428 g/mol. The standard InChI is InChI=1S/C27H18N4O3/c1-32-18-11-8-17(9-12-18)22-23-19-6-3-2-5-16(19)10-13-20(23)34-27-24(22)26-29-25(21-7-4-14-33-21)30-31(26)15-28-27/h2-15,22H,1H3/t22-/m1/s1. The summed E-state index contributed by atoms with van der Waals surface area (Å²) in [6.45, 7) is 0. The van der Waals surface area contributed by atoms with E-state index in [4.69, 9.17) is 18.9 Å². The average Bonchev–Trinajstić information content (AvgIpc) is 3.57. The molecule has 0 saturated heterocycles. The minimum Gasteiger partial charge on any atom is -0.497 e. The van der Waals surface area contributed by atoms with Crippen molar-refractivity contribution in [1.29, 1.82) is 0 Å². The van der Waals surface area contributed by atoms with Crippen molar-refractivity contribution in [3.63, 3.8) is 0 Å².